The van der Waals surface area contributed by atoms with E-state index in [1.807, 2.05) is 6.92 Å². The number of rotatable bonds is 3. The molecule has 20 heavy (non-hydrogen) atoms. The van der Waals surface area contributed by atoms with Gasteiger partial charge in [-0.15, -0.1) is 0 Å². The number of carbonyl (C=O) groups excluding carboxylic acids is 1. The van der Waals surface area contributed by atoms with Crippen molar-refractivity contribution >= 4 is 5.91 Å². The highest BCUT2D eigenvalue weighted by molar-refractivity contribution is 5.94. The summed E-state index contributed by atoms with van der Waals surface area (Å²) in [4.78, 5) is 16.3. The minimum absolute atomic E-state index is 0.181. The number of carbonyl (C=O) groups is 1. The highest BCUT2D eigenvalue weighted by atomic mass is 19.1. The molecule has 1 heterocycles. The molecule has 1 aliphatic rings. The minimum Gasteiger partial charge on any atom is -0.341 e. The van der Waals surface area contributed by atoms with Gasteiger partial charge < -0.3 is 9.80 Å². The van der Waals surface area contributed by atoms with Gasteiger partial charge in [0.15, 0.2) is 0 Å². The molecule has 1 saturated heterocycles. The van der Waals surface area contributed by atoms with Crippen molar-refractivity contribution in [3.63, 3.8) is 0 Å². The Kier molecular flexibility index (Phi) is 4.76. The molecule has 0 unspecified atom stereocenters. The minimum atomic E-state index is -0.434. The molecule has 1 aliphatic heterocycles. The summed E-state index contributed by atoms with van der Waals surface area (Å²) in [5, 5.41) is 0. The van der Waals surface area contributed by atoms with E-state index in [-0.39, 0.29) is 11.5 Å². The molecular weight excluding hydrogens is 255 g/mol. The Bertz CT molecular complexity index is 481. The van der Waals surface area contributed by atoms with Crippen LogP contribution in [0.1, 0.15) is 28.8 Å². The number of likely N-dealkylation sites (tertiary alicyclic amines) is 1. The molecule has 1 fully saturated rings. The van der Waals surface area contributed by atoms with Gasteiger partial charge in [0.1, 0.15) is 5.82 Å². The van der Waals surface area contributed by atoms with Crippen LogP contribution in [-0.2, 0) is 0 Å². The van der Waals surface area contributed by atoms with Crippen LogP contribution in [-0.4, -0.2) is 49.4 Å². The Hall–Kier alpha value is -1.42. The highest BCUT2D eigenvalue weighted by Crippen LogP contribution is 2.19. The Morgan fingerprint density at radius 2 is 2.05 bits per heavy atom. The first-order valence-electron chi connectivity index (χ1n) is 7.17. The molecule has 0 N–H and O–H groups in total. The van der Waals surface area contributed by atoms with Gasteiger partial charge in [0.05, 0.1) is 5.56 Å². The lowest BCUT2D eigenvalue weighted by atomic mass is 9.96. The van der Waals surface area contributed by atoms with Gasteiger partial charge in [0.2, 0.25) is 0 Å². The van der Waals surface area contributed by atoms with Crippen molar-refractivity contribution in [2.24, 2.45) is 5.92 Å². The predicted octanol–water partition coefficient (Wildman–Crippen LogP) is 2.55. The standard InChI is InChI=1S/C16H23FN2O/c1-12-4-5-15(17)14(10-12)16(20)19(3)11-13-6-8-18(2)9-7-13/h4-5,10,13H,6-9,11H2,1-3H3. The van der Waals surface area contributed by atoms with Gasteiger partial charge in [0.25, 0.3) is 5.91 Å². The van der Waals surface area contributed by atoms with E-state index >= 15 is 0 Å². The van der Waals surface area contributed by atoms with E-state index in [1.165, 1.54) is 6.07 Å². The van der Waals surface area contributed by atoms with Crippen molar-refractivity contribution in [3.8, 4) is 0 Å². The summed E-state index contributed by atoms with van der Waals surface area (Å²) < 4.78 is 13.8. The van der Waals surface area contributed by atoms with Crippen LogP contribution in [0.4, 0.5) is 4.39 Å². The van der Waals surface area contributed by atoms with Crippen LogP contribution in [0.2, 0.25) is 0 Å². The summed E-state index contributed by atoms with van der Waals surface area (Å²) in [6.45, 7) is 4.73. The maximum Gasteiger partial charge on any atom is 0.256 e. The molecule has 3 nitrogen and oxygen atoms in total. The Morgan fingerprint density at radius 1 is 1.40 bits per heavy atom. The first-order chi connectivity index (χ1) is 9.47. The molecule has 1 amide bonds. The van der Waals surface area contributed by atoms with Crippen molar-refractivity contribution in [1.82, 2.24) is 9.80 Å². The summed E-state index contributed by atoms with van der Waals surface area (Å²) in [7, 11) is 3.88. The summed E-state index contributed by atoms with van der Waals surface area (Å²) in [6.07, 6.45) is 2.20. The normalized spacial score (nSPS) is 17.2. The second-order valence-corrected chi connectivity index (χ2v) is 5.92. The third kappa shape index (κ3) is 3.57. The lowest BCUT2D eigenvalue weighted by Crippen LogP contribution is -2.38. The molecule has 0 bridgehead atoms. The second kappa shape index (κ2) is 6.35. The van der Waals surface area contributed by atoms with Crippen LogP contribution in [0.5, 0.6) is 0 Å². The number of hydrogen-bond acceptors (Lipinski definition) is 2. The van der Waals surface area contributed by atoms with E-state index in [0.717, 1.165) is 31.5 Å². The summed E-state index contributed by atoms with van der Waals surface area (Å²) >= 11 is 0. The van der Waals surface area contributed by atoms with Crippen molar-refractivity contribution in [1.29, 1.82) is 0 Å². The van der Waals surface area contributed by atoms with Gasteiger partial charge in [-0.25, -0.2) is 4.39 Å². The van der Waals surface area contributed by atoms with Gasteiger partial charge in [-0.3, -0.25) is 4.79 Å². The fourth-order valence-corrected chi connectivity index (χ4v) is 2.72. The third-order valence-corrected chi connectivity index (χ3v) is 4.07. The van der Waals surface area contributed by atoms with Gasteiger partial charge >= 0.3 is 0 Å². The molecule has 2 rings (SSSR count). The summed E-state index contributed by atoms with van der Waals surface area (Å²) in [6, 6.07) is 4.68. The molecule has 0 aliphatic carbocycles. The molecule has 0 spiro atoms. The van der Waals surface area contributed by atoms with E-state index < -0.39 is 5.82 Å². The zero-order valence-electron chi connectivity index (χ0n) is 12.5. The monoisotopic (exact) mass is 278 g/mol. The summed E-state index contributed by atoms with van der Waals surface area (Å²) in [5.74, 6) is -0.131. The van der Waals surface area contributed by atoms with E-state index in [9.17, 15) is 9.18 Å². The topological polar surface area (TPSA) is 23.6 Å². The van der Waals surface area contributed by atoms with Crippen molar-refractivity contribution in [2.75, 3.05) is 33.7 Å². The van der Waals surface area contributed by atoms with Gasteiger partial charge in [-0.2, -0.15) is 0 Å². The Balaban J connectivity index is 1.99. The molecule has 4 heteroatoms. The van der Waals surface area contributed by atoms with Crippen LogP contribution in [0.25, 0.3) is 0 Å². The molecule has 0 atom stereocenters. The number of aryl methyl sites for hydroxylation is 1. The molecule has 1 aromatic rings. The van der Waals surface area contributed by atoms with Crippen molar-refractivity contribution in [2.45, 2.75) is 19.8 Å². The fraction of sp³-hybridized carbons (Fsp3) is 0.562. The number of hydrogen-bond donors (Lipinski definition) is 0. The fourth-order valence-electron chi connectivity index (χ4n) is 2.72. The van der Waals surface area contributed by atoms with Crippen LogP contribution in [0, 0.1) is 18.7 Å². The molecule has 110 valence electrons. The molecule has 0 saturated carbocycles. The zero-order chi connectivity index (χ0) is 14.7. The van der Waals surface area contributed by atoms with Crippen molar-refractivity contribution < 1.29 is 9.18 Å². The first-order valence-corrected chi connectivity index (χ1v) is 7.17. The van der Waals surface area contributed by atoms with E-state index in [4.69, 9.17) is 0 Å². The van der Waals surface area contributed by atoms with E-state index in [1.54, 1.807) is 24.1 Å². The van der Waals surface area contributed by atoms with E-state index in [2.05, 4.69) is 11.9 Å². The lowest BCUT2D eigenvalue weighted by Gasteiger charge is -2.31. The lowest BCUT2D eigenvalue weighted by molar-refractivity contribution is 0.0742. The van der Waals surface area contributed by atoms with Gasteiger partial charge in [-0.05, 0) is 58.0 Å². The van der Waals surface area contributed by atoms with Crippen molar-refractivity contribution in [3.05, 3.63) is 35.1 Å². The Labute approximate surface area is 120 Å². The zero-order valence-corrected chi connectivity index (χ0v) is 12.5. The van der Waals surface area contributed by atoms with Crippen LogP contribution in [0.15, 0.2) is 18.2 Å². The maximum atomic E-state index is 13.8. The quantitative estimate of drug-likeness (QED) is 0.848. The van der Waals surface area contributed by atoms with Gasteiger partial charge in [0, 0.05) is 13.6 Å². The van der Waals surface area contributed by atoms with Crippen LogP contribution < -0.4 is 0 Å². The number of benzene rings is 1. The SMILES string of the molecule is Cc1ccc(F)c(C(=O)N(C)CC2CCN(C)CC2)c1. The highest BCUT2D eigenvalue weighted by Gasteiger charge is 2.22. The number of amides is 1. The van der Waals surface area contributed by atoms with Crippen LogP contribution in [0.3, 0.4) is 0 Å². The molecular formula is C16H23FN2O. The molecule has 0 radical (unpaired) electrons. The van der Waals surface area contributed by atoms with Gasteiger partial charge in [-0.1, -0.05) is 11.6 Å². The van der Waals surface area contributed by atoms with E-state index in [0.29, 0.717) is 12.5 Å². The average Bonchev–Trinajstić information content (AvgIpc) is 2.43. The first kappa shape index (κ1) is 15.0. The summed E-state index contributed by atoms with van der Waals surface area (Å²) in [5.41, 5.74) is 1.09. The largest absolute Gasteiger partial charge is 0.341 e. The average molecular weight is 278 g/mol. The number of halogens is 1. The predicted molar refractivity (Wildman–Crippen MR) is 78.3 cm³/mol. The maximum absolute atomic E-state index is 13.8. The molecule has 1 aromatic carbocycles. The smallest absolute Gasteiger partial charge is 0.256 e. The third-order valence-electron chi connectivity index (χ3n) is 4.07. The number of piperidine rings is 1. The Morgan fingerprint density at radius 3 is 2.70 bits per heavy atom. The second-order valence-electron chi connectivity index (χ2n) is 5.92. The van der Waals surface area contributed by atoms with Crippen LogP contribution >= 0.6 is 0 Å². The molecule has 0 aromatic heterocycles. The number of nitrogens with zero attached hydrogens (tertiary/aromatic N) is 2.